The summed E-state index contributed by atoms with van der Waals surface area (Å²) in [5.74, 6) is 0.677. The average molecular weight is 330 g/mol. The number of hydrogen-bond acceptors (Lipinski definition) is 3. The Kier molecular flexibility index (Phi) is 5.03. The second-order valence-corrected chi connectivity index (χ2v) is 6.34. The molecule has 0 saturated heterocycles. The molecular weight excluding hydrogens is 306 g/mol. The largest absolute Gasteiger partial charge is 0.379 e. The second-order valence-electron chi connectivity index (χ2n) is 5.49. The molecule has 1 aromatic rings. The van der Waals surface area contributed by atoms with E-state index in [1.54, 1.807) is 0 Å². The van der Waals surface area contributed by atoms with E-state index in [2.05, 4.69) is 51.8 Å². The van der Waals surface area contributed by atoms with Gasteiger partial charge in [0.05, 0.1) is 28.5 Å². The number of rotatable bonds is 7. The minimum Gasteiger partial charge on any atom is -0.379 e. The van der Waals surface area contributed by atoms with Crippen LogP contribution in [0.2, 0.25) is 0 Å². The summed E-state index contributed by atoms with van der Waals surface area (Å²) in [6.45, 7) is 7.37. The van der Waals surface area contributed by atoms with Crippen molar-refractivity contribution in [3.8, 4) is 0 Å². The van der Waals surface area contributed by atoms with Crippen LogP contribution in [0, 0.1) is 5.92 Å². The van der Waals surface area contributed by atoms with E-state index in [4.69, 9.17) is 4.74 Å². The van der Waals surface area contributed by atoms with Crippen LogP contribution in [-0.4, -0.2) is 29.5 Å². The highest BCUT2D eigenvalue weighted by atomic mass is 79.9. The Bertz CT molecular complexity index is 415. The van der Waals surface area contributed by atoms with Gasteiger partial charge < -0.3 is 10.1 Å². The van der Waals surface area contributed by atoms with Crippen LogP contribution in [0.5, 0.6) is 0 Å². The number of ether oxygens (including phenoxy) is 1. The van der Waals surface area contributed by atoms with Crippen molar-refractivity contribution in [2.45, 2.75) is 51.8 Å². The summed E-state index contributed by atoms with van der Waals surface area (Å²) in [6, 6.07) is 0.543. The SMILES string of the molecule is CCNC(c1c(Br)cnn1C(C)C)C(OC)C1CC1. The minimum atomic E-state index is 0.196. The van der Waals surface area contributed by atoms with E-state index in [-0.39, 0.29) is 12.1 Å². The van der Waals surface area contributed by atoms with Crippen molar-refractivity contribution >= 4 is 15.9 Å². The summed E-state index contributed by atoms with van der Waals surface area (Å²) in [5, 5.41) is 8.07. The highest BCUT2D eigenvalue weighted by molar-refractivity contribution is 9.10. The predicted molar refractivity (Wildman–Crippen MR) is 80.3 cm³/mol. The van der Waals surface area contributed by atoms with Crippen LogP contribution in [0.15, 0.2) is 10.7 Å². The predicted octanol–water partition coefficient (Wildman–Crippen LogP) is 3.30. The molecule has 2 rings (SSSR count). The van der Waals surface area contributed by atoms with Gasteiger partial charge in [0.25, 0.3) is 0 Å². The fourth-order valence-corrected chi connectivity index (χ4v) is 3.19. The van der Waals surface area contributed by atoms with E-state index in [9.17, 15) is 0 Å². The lowest BCUT2D eigenvalue weighted by atomic mass is 10.0. The number of hydrogen-bond donors (Lipinski definition) is 1. The Morgan fingerprint density at radius 3 is 2.68 bits per heavy atom. The van der Waals surface area contributed by atoms with Crippen molar-refractivity contribution in [1.82, 2.24) is 15.1 Å². The summed E-state index contributed by atoms with van der Waals surface area (Å²) in [6.07, 6.45) is 4.66. The average Bonchev–Trinajstić information content (AvgIpc) is 3.12. The normalized spacial score (nSPS) is 18.8. The molecule has 1 fully saturated rings. The number of halogens is 1. The van der Waals surface area contributed by atoms with Crippen LogP contribution in [-0.2, 0) is 4.74 Å². The number of likely N-dealkylation sites (N-methyl/N-ethyl adjacent to an activating group) is 1. The Hall–Kier alpha value is -0.390. The zero-order valence-electron chi connectivity index (χ0n) is 12.2. The minimum absolute atomic E-state index is 0.196. The van der Waals surface area contributed by atoms with Crippen LogP contribution in [0.3, 0.4) is 0 Å². The van der Waals surface area contributed by atoms with E-state index in [0.717, 1.165) is 11.0 Å². The fraction of sp³-hybridized carbons (Fsp3) is 0.786. The Morgan fingerprint density at radius 1 is 1.53 bits per heavy atom. The molecule has 0 aromatic carbocycles. The van der Waals surface area contributed by atoms with Gasteiger partial charge >= 0.3 is 0 Å². The number of nitrogens with zero attached hydrogens (tertiary/aromatic N) is 2. The highest BCUT2D eigenvalue weighted by Gasteiger charge is 2.39. The standard InChI is InChI=1S/C14H24BrN3O/c1-5-16-12(14(19-4)10-6-7-10)13-11(15)8-17-18(13)9(2)3/h8-10,12,14,16H,5-7H2,1-4H3. The molecule has 108 valence electrons. The van der Waals surface area contributed by atoms with Crippen molar-refractivity contribution in [3.63, 3.8) is 0 Å². The third-order valence-electron chi connectivity index (χ3n) is 3.68. The van der Waals surface area contributed by atoms with E-state index in [0.29, 0.717) is 12.0 Å². The quantitative estimate of drug-likeness (QED) is 0.834. The molecule has 2 unspecified atom stereocenters. The molecule has 1 heterocycles. The maximum atomic E-state index is 5.78. The van der Waals surface area contributed by atoms with Crippen LogP contribution < -0.4 is 5.32 Å². The molecule has 19 heavy (non-hydrogen) atoms. The summed E-state index contributed by atoms with van der Waals surface area (Å²) < 4.78 is 8.93. The first-order valence-electron chi connectivity index (χ1n) is 7.09. The van der Waals surface area contributed by atoms with Gasteiger partial charge in [-0.2, -0.15) is 5.10 Å². The molecule has 5 heteroatoms. The topological polar surface area (TPSA) is 39.1 Å². The first kappa shape index (κ1) is 15.0. The lowest BCUT2D eigenvalue weighted by Crippen LogP contribution is -2.36. The molecule has 2 atom stereocenters. The summed E-state index contributed by atoms with van der Waals surface area (Å²) in [7, 11) is 1.82. The van der Waals surface area contributed by atoms with Crippen LogP contribution in [0.1, 0.15) is 51.4 Å². The fourth-order valence-electron chi connectivity index (χ4n) is 2.67. The maximum Gasteiger partial charge on any atom is 0.0809 e. The molecular formula is C14H24BrN3O. The maximum absolute atomic E-state index is 5.78. The van der Waals surface area contributed by atoms with Crippen LogP contribution in [0.4, 0.5) is 0 Å². The highest BCUT2D eigenvalue weighted by Crippen LogP contribution is 2.41. The lowest BCUT2D eigenvalue weighted by Gasteiger charge is -2.28. The molecule has 0 radical (unpaired) electrons. The Balaban J connectivity index is 2.34. The Labute approximate surface area is 124 Å². The van der Waals surface area contributed by atoms with Gasteiger partial charge in [-0.15, -0.1) is 0 Å². The monoisotopic (exact) mass is 329 g/mol. The second kappa shape index (κ2) is 6.37. The number of methoxy groups -OCH3 is 1. The molecule has 0 amide bonds. The van der Waals surface area contributed by atoms with E-state index in [1.807, 2.05) is 13.3 Å². The van der Waals surface area contributed by atoms with Crippen molar-refractivity contribution in [2.75, 3.05) is 13.7 Å². The lowest BCUT2D eigenvalue weighted by molar-refractivity contribution is 0.0478. The van der Waals surface area contributed by atoms with Gasteiger partial charge in [-0.3, -0.25) is 4.68 Å². The summed E-state index contributed by atoms with van der Waals surface area (Å²) >= 11 is 3.64. The van der Waals surface area contributed by atoms with Gasteiger partial charge in [-0.05, 0) is 55.1 Å². The molecule has 1 aliphatic carbocycles. The van der Waals surface area contributed by atoms with Crippen molar-refractivity contribution in [1.29, 1.82) is 0 Å². The molecule has 0 spiro atoms. The Morgan fingerprint density at radius 2 is 2.21 bits per heavy atom. The van der Waals surface area contributed by atoms with Crippen molar-refractivity contribution < 1.29 is 4.74 Å². The zero-order valence-corrected chi connectivity index (χ0v) is 13.8. The van der Waals surface area contributed by atoms with Gasteiger partial charge in [-0.1, -0.05) is 6.92 Å². The smallest absolute Gasteiger partial charge is 0.0809 e. The molecule has 4 nitrogen and oxygen atoms in total. The van der Waals surface area contributed by atoms with E-state index >= 15 is 0 Å². The first-order valence-corrected chi connectivity index (χ1v) is 7.88. The van der Waals surface area contributed by atoms with Gasteiger partial charge in [0.15, 0.2) is 0 Å². The molecule has 0 bridgehead atoms. The van der Waals surface area contributed by atoms with Crippen LogP contribution in [0.25, 0.3) is 0 Å². The first-order chi connectivity index (χ1) is 9.10. The van der Waals surface area contributed by atoms with Crippen molar-refractivity contribution in [3.05, 3.63) is 16.4 Å². The summed E-state index contributed by atoms with van der Waals surface area (Å²) in [5.41, 5.74) is 1.20. The molecule has 1 aliphatic rings. The van der Waals surface area contributed by atoms with Gasteiger partial charge in [0.2, 0.25) is 0 Å². The van der Waals surface area contributed by atoms with Crippen molar-refractivity contribution in [2.24, 2.45) is 5.92 Å². The zero-order chi connectivity index (χ0) is 14.0. The third-order valence-corrected chi connectivity index (χ3v) is 4.29. The number of aromatic nitrogens is 2. The third kappa shape index (κ3) is 3.20. The number of nitrogens with one attached hydrogen (secondary N) is 1. The molecule has 1 aromatic heterocycles. The van der Waals surface area contributed by atoms with Gasteiger partial charge in [0.1, 0.15) is 0 Å². The molecule has 1 N–H and O–H groups in total. The summed E-state index contributed by atoms with van der Waals surface area (Å²) in [4.78, 5) is 0. The van der Waals surface area contributed by atoms with Gasteiger partial charge in [-0.25, -0.2) is 0 Å². The van der Waals surface area contributed by atoms with Gasteiger partial charge in [0, 0.05) is 13.2 Å². The molecule has 0 aliphatic heterocycles. The van der Waals surface area contributed by atoms with E-state index in [1.165, 1.54) is 18.5 Å². The van der Waals surface area contributed by atoms with E-state index < -0.39 is 0 Å². The van der Waals surface area contributed by atoms with Crippen LogP contribution >= 0.6 is 15.9 Å². The molecule has 1 saturated carbocycles.